The molecule has 0 saturated carbocycles. The van der Waals surface area contributed by atoms with E-state index in [9.17, 15) is 9.90 Å². The van der Waals surface area contributed by atoms with E-state index < -0.39 is 0 Å². The lowest BCUT2D eigenvalue weighted by molar-refractivity contribution is -0.120. The second-order valence-corrected chi connectivity index (χ2v) is 8.60. The van der Waals surface area contributed by atoms with Crippen molar-refractivity contribution in [3.63, 3.8) is 0 Å². The highest BCUT2D eigenvalue weighted by molar-refractivity contribution is 7.99. The summed E-state index contributed by atoms with van der Waals surface area (Å²) in [6.45, 7) is 6.02. The van der Waals surface area contributed by atoms with Crippen LogP contribution in [-0.4, -0.2) is 64.7 Å². The summed E-state index contributed by atoms with van der Waals surface area (Å²) in [5.41, 5.74) is 1.24. The Labute approximate surface area is 179 Å². The van der Waals surface area contributed by atoms with Crippen LogP contribution in [0.3, 0.4) is 0 Å². The summed E-state index contributed by atoms with van der Waals surface area (Å²) in [5, 5.41) is 12.1. The molecule has 162 valence electrons. The van der Waals surface area contributed by atoms with E-state index in [0.29, 0.717) is 25.5 Å². The van der Waals surface area contributed by atoms with Gasteiger partial charge in [-0.15, -0.1) is 0 Å². The third-order valence-corrected chi connectivity index (χ3v) is 5.91. The molecule has 1 unspecified atom stereocenters. The predicted molar refractivity (Wildman–Crippen MR) is 119 cm³/mol. The summed E-state index contributed by atoms with van der Waals surface area (Å²) in [5.74, 6) is 2.31. The first kappa shape index (κ1) is 23.7. The number of likely N-dealkylation sites (tertiary alicyclic amines) is 1. The highest BCUT2D eigenvalue weighted by Gasteiger charge is 2.10. The minimum atomic E-state index is -0.284. The standard InChI is InChI=1S/C22H35N3O3S/c1-19(26)18-29-15-7-8-21(27)23-10-3-6-14-28-22-16-20(9-11-24-22)17-25-12-4-2-5-13-25/h3,6,9,11,16,19,26H,2,4-5,7-8,10,12-15,17-18H2,1H3,(H,23,27)/b6-3-. The molecule has 0 aliphatic carbocycles. The zero-order chi connectivity index (χ0) is 20.7. The summed E-state index contributed by atoms with van der Waals surface area (Å²) in [6, 6.07) is 4.06. The number of carbonyl (C=O) groups excluding carboxylic acids is 1. The molecule has 1 amide bonds. The summed E-state index contributed by atoms with van der Waals surface area (Å²) in [6.07, 6.45) is 10.6. The average Bonchev–Trinajstić information content (AvgIpc) is 2.71. The zero-order valence-electron chi connectivity index (χ0n) is 17.5. The molecule has 0 spiro atoms. The molecule has 29 heavy (non-hydrogen) atoms. The highest BCUT2D eigenvalue weighted by atomic mass is 32.2. The number of pyridine rings is 1. The number of piperidine rings is 1. The van der Waals surface area contributed by atoms with Gasteiger partial charge in [-0.3, -0.25) is 9.69 Å². The number of aliphatic hydroxyl groups is 1. The number of hydrogen-bond acceptors (Lipinski definition) is 6. The van der Waals surface area contributed by atoms with Gasteiger partial charge in [0.1, 0.15) is 6.61 Å². The Morgan fingerprint density at radius 1 is 1.38 bits per heavy atom. The first-order chi connectivity index (χ1) is 14.1. The van der Waals surface area contributed by atoms with Crippen molar-refractivity contribution in [3.8, 4) is 5.88 Å². The molecule has 0 aromatic carbocycles. The maximum Gasteiger partial charge on any atom is 0.220 e. The van der Waals surface area contributed by atoms with Crippen LogP contribution in [0, 0.1) is 0 Å². The van der Waals surface area contributed by atoms with Crippen molar-refractivity contribution in [3.05, 3.63) is 36.0 Å². The first-order valence-electron chi connectivity index (χ1n) is 10.6. The van der Waals surface area contributed by atoms with E-state index in [1.165, 1.54) is 37.9 Å². The number of hydrogen-bond donors (Lipinski definition) is 2. The normalized spacial score (nSPS) is 16.1. The highest BCUT2D eigenvalue weighted by Crippen LogP contribution is 2.15. The maximum atomic E-state index is 11.7. The number of nitrogens with one attached hydrogen (secondary N) is 1. The number of aliphatic hydroxyl groups excluding tert-OH is 1. The van der Waals surface area contributed by atoms with Crippen LogP contribution in [0.15, 0.2) is 30.5 Å². The Morgan fingerprint density at radius 3 is 3.00 bits per heavy atom. The van der Waals surface area contributed by atoms with Crippen molar-refractivity contribution >= 4 is 17.7 Å². The number of nitrogens with zero attached hydrogens (tertiary/aromatic N) is 2. The molecule has 1 aliphatic heterocycles. The first-order valence-corrected chi connectivity index (χ1v) is 11.8. The largest absolute Gasteiger partial charge is 0.473 e. The second-order valence-electron chi connectivity index (χ2n) is 7.45. The van der Waals surface area contributed by atoms with Crippen molar-refractivity contribution in [2.75, 3.05) is 37.7 Å². The number of aromatic nitrogens is 1. The van der Waals surface area contributed by atoms with Crippen LogP contribution in [-0.2, 0) is 11.3 Å². The molecule has 6 nitrogen and oxygen atoms in total. The van der Waals surface area contributed by atoms with Crippen LogP contribution in [0.4, 0.5) is 0 Å². The third-order valence-electron chi connectivity index (χ3n) is 4.62. The number of rotatable bonds is 13. The summed E-state index contributed by atoms with van der Waals surface area (Å²) < 4.78 is 5.70. The van der Waals surface area contributed by atoms with Crippen LogP contribution in [0.1, 0.15) is 44.6 Å². The number of thioether (sulfide) groups is 1. The molecule has 1 aromatic rings. The van der Waals surface area contributed by atoms with E-state index in [1.54, 1.807) is 24.9 Å². The molecule has 1 fully saturated rings. The van der Waals surface area contributed by atoms with Crippen LogP contribution in [0.2, 0.25) is 0 Å². The van der Waals surface area contributed by atoms with Crippen molar-refractivity contribution in [1.82, 2.24) is 15.2 Å². The van der Waals surface area contributed by atoms with E-state index in [4.69, 9.17) is 4.74 Å². The average molecular weight is 422 g/mol. The Hall–Kier alpha value is -1.57. The summed E-state index contributed by atoms with van der Waals surface area (Å²) in [7, 11) is 0. The number of carbonyl (C=O) groups is 1. The van der Waals surface area contributed by atoms with E-state index >= 15 is 0 Å². The van der Waals surface area contributed by atoms with Crippen molar-refractivity contribution in [1.29, 1.82) is 0 Å². The quantitative estimate of drug-likeness (QED) is 0.377. The lowest BCUT2D eigenvalue weighted by atomic mass is 10.1. The number of ether oxygens (including phenoxy) is 1. The van der Waals surface area contributed by atoms with Crippen LogP contribution < -0.4 is 10.1 Å². The van der Waals surface area contributed by atoms with Gasteiger partial charge in [0, 0.05) is 37.5 Å². The topological polar surface area (TPSA) is 74.7 Å². The lowest BCUT2D eigenvalue weighted by Gasteiger charge is -2.26. The molecule has 2 rings (SSSR count). The lowest BCUT2D eigenvalue weighted by Crippen LogP contribution is -2.29. The summed E-state index contributed by atoms with van der Waals surface area (Å²) >= 11 is 1.68. The minimum absolute atomic E-state index is 0.0558. The molecule has 7 heteroatoms. The van der Waals surface area contributed by atoms with Crippen LogP contribution in [0.5, 0.6) is 5.88 Å². The SMILES string of the molecule is CC(O)CSCCCC(=O)NC/C=C\COc1cc(CN2CCCCC2)ccn1. The van der Waals surface area contributed by atoms with E-state index in [2.05, 4.69) is 21.3 Å². The molecule has 1 aliphatic rings. The molecule has 0 bridgehead atoms. The van der Waals surface area contributed by atoms with Gasteiger partial charge in [-0.2, -0.15) is 11.8 Å². The molecule has 2 N–H and O–H groups in total. The van der Waals surface area contributed by atoms with Gasteiger partial charge in [0.25, 0.3) is 0 Å². The Morgan fingerprint density at radius 2 is 2.21 bits per heavy atom. The zero-order valence-corrected chi connectivity index (χ0v) is 18.3. The van der Waals surface area contributed by atoms with Crippen molar-refractivity contribution in [2.24, 2.45) is 0 Å². The summed E-state index contributed by atoms with van der Waals surface area (Å²) in [4.78, 5) is 18.5. The van der Waals surface area contributed by atoms with Crippen LogP contribution in [0.25, 0.3) is 0 Å². The fraction of sp³-hybridized carbons (Fsp3) is 0.636. The second kappa shape index (κ2) is 14.4. The Kier molecular flexibility index (Phi) is 11.8. The molecule has 1 atom stereocenters. The Balaban J connectivity index is 1.55. The van der Waals surface area contributed by atoms with E-state index in [-0.39, 0.29) is 12.0 Å². The van der Waals surface area contributed by atoms with Gasteiger partial charge in [0.15, 0.2) is 0 Å². The molecule has 1 aromatic heterocycles. The predicted octanol–water partition coefficient (Wildman–Crippen LogP) is 3.01. The van der Waals surface area contributed by atoms with Gasteiger partial charge < -0.3 is 15.2 Å². The van der Waals surface area contributed by atoms with Gasteiger partial charge in [-0.1, -0.05) is 12.5 Å². The smallest absolute Gasteiger partial charge is 0.220 e. The molecule has 0 radical (unpaired) electrons. The van der Waals surface area contributed by atoms with Gasteiger partial charge in [0.2, 0.25) is 11.8 Å². The van der Waals surface area contributed by atoms with Crippen molar-refractivity contribution < 1.29 is 14.6 Å². The third kappa shape index (κ3) is 11.3. The minimum Gasteiger partial charge on any atom is -0.473 e. The molecular formula is C22H35N3O3S. The van der Waals surface area contributed by atoms with Gasteiger partial charge in [-0.25, -0.2) is 4.98 Å². The van der Waals surface area contributed by atoms with Gasteiger partial charge in [0.05, 0.1) is 6.10 Å². The fourth-order valence-electron chi connectivity index (χ4n) is 3.14. The van der Waals surface area contributed by atoms with Gasteiger partial charge in [-0.05, 0) is 62.7 Å². The molecule has 1 saturated heterocycles. The maximum absolute atomic E-state index is 11.7. The molecule has 2 heterocycles. The van der Waals surface area contributed by atoms with Gasteiger partial charge >= 0.3 is 0 Å². The fourth-order valence-corrected chi connectivity index (χ4v) is 3.99. The monoisotopic (exact) mass is 421 g/mol. The Bertz CT molecular complexity index is 619. The van der Waals surface area contributed by atoms with E-state index in [1.807, 2.05) is 18.2 Å². The van der Waals surface area contributed by atoms with Crippen molar-refractivity contribution in [2.45, 2.75) is 51.7 Å². The molecular weight excluding hydrogens is 386 g/mol. The number of amides is 1. The van der Waals surface area contributed by atoms with E-state index in [0.717, 1.165) is 24.5 Å². The van der Waals surface area contributed by atoms with Crippen LogP contribution >= 0.6 is 11.8 Å².